The third-order valence-corrected chi connectivity index (χ3v) is 7.06. The molecule has 1 amide bonds. The summed E-state index contributed by atoms with van der Waals surface area (Å²) in [5.74, 6) is 0.625. The Hall–Kier alpha value is -1.96. The molecule has 2 aliphatic heterocycles. The van der Waals surface area contributed by atoms with E-state index in [2.05, 4.69) is 10.6 Å². The van der Waals surface area contributed by atoms with Gasteiger partial charge in [0.25, 0.3) is 0 Å². The predicted molar refractivity (Wildman–Crippen MR) is 96.9 cm³/mol. The van der Waals surface area contributed by atoms with Crippen molar-refractivity contribution < 1.29 is 13.2 Å². The number of fused-ring (bicyclic) bond motifs is 2. The number of hydrogen-bond acceptors (Lipinski definition) is 4. The van der Waals surface area contributed by atoms with Crippen LogP contribution in [0.15, 0.2) is 41.3 Å². The van der Waals surface area contributed by atoms with E-state index in [-0.39, 0.29) is 5.91 Å². The maximum atomic E-state index is 13.2. The van der Waals surface area contributed by atoms with Crippen LogP contribution < -0.4 is 10.6 Å². The fourth-order valence-electron chi connectivity index (χ4n) is 3.94. The first-order valence-electron chi connectivity index (χ1n) is 8.47. The molecular formula is C18H21N3O3S. The predicted octanol–water partition coefficient (Wildman–Crippen LogP) is 1.64. The number of sulfonamides is 1. The SMILES string of the molecule is CC(=O)Nc1ccc(S(=O)(=O)N2C[C@H]3CNC[C@H]3C2)c2ccccc12. The van der Waals surface area contributed by atoms with Crippen LogP contribution in [0.5, 0.6) is 0 Å². The number of nitrogens with zero attached hydrogens (tertiary/aromatic N) is 1. The molecule has 2 aliphatic rings. The molecule has 2 saturated heterocycles. The largest absolute Gasteiger partial charge is 0.326 e. The van der Waals surface area contributed by atoms with Crippen LogP contribution in [0.25, 0.3) is 10.8 Å². The Bertz CT molecular complexity index is 930. The molecular weight excluding hydrogens is 338 g/mol. The van der Waals surface area contributed by atoms with Crippen molar-refractivity contribution in [3.63, 3.8) is 0 Å². The van der Waals surface area contributed by atoms with E-state index in [9.17, 15) is 13.2 Å². The van der Waals surface area contributed by atoms with Crippen LogP contribution >= 0.6 is 0 Å². The lowest BCUT2D eigenvalue weighted by Crippen LogP contribution is -2.32. The Labute approximate surface area is 147 Å². The van der Waals surface area contributed by atoms with Crippen LogP contribution in [0.4, 0.5) is 5.69 Å². The summed E-state index contributed by atoms with van der Waals surface area (Å²) in [5, 5.41) is 7.48. The van der Waals surface area contributed by atoms with E-state index >= 15 is 0 Å². The van der Waals surface area contributed by atoms with Gasteiger partial charge in [-0.15, -0.1) is 0 Å². The average Bonchev–Trinajstić information content (AvgIpc) is 3.16. The van der Waals surface area contributed by atoms with Gasteiger partial charge in [-0.25, -0.2) is 8.42 Å². The number of hydrogen-bond donors (Lipinski definition) is 2. The molecule has 0 radical (unpaired) electrons. The maximum absolute atomic E-state index is 13.2. The molecule has 2 N–H and O–H groups in total. The number of carbonyl (C=O) groups excluding carboxylic acids is 1. The van der Waals surface area contributed by atoms with Crippen molar-refractivity contribution in [2.75, 3.05) is 31.5 Å². The summed E-state index contributed by atoms with van der Waals surface area (Å²) in [6.45, 7) is 4.36. The van der Waals surface area contributed by atoms with Crippen molar-refractivity contribution in [3.8, 4) is 0 Å². The van der Waals surface area contributed by atoms with Gasteiger partial charge in [0.05, 0.1) is 4.90 Å². The second-order valence-electron chi connectivity index (χ2n) is 6.84. The van der Waals surface area contributed by atoms with Crippen LogP contribution in [-0.4, -0.2) is 44.8 Å². The Morgan fingerprint density at radius 3 is 2.36 bits per heavy atom. The van der Waals surface area contributed by atoms with E-state index in [0.29, 0.717) is 40.9 Å². The molecule has 7 heteroatoms. The van der Waals surface area contributed by atoms with Crippen molar-refractivity contribution in [3.05, 3.63) is 36.4 Å². The molecule has 0 saturated carbocycles. The molecule has 6 nitrogen and oxygen atoms in total. The fourth-order valence-corrected chi connectivity index (χ4v) is 5.69. The zero-order chi connectivity index (χ0) is 17.6. The molecule has 25 heavy (non-hydrogen) atoms. The Kier molecular flexibility index (Phi) is 4.02. The van der Waals surface area contributed by atoms with E-state index in [1.54, 1.807) is 22.5 Å². The lowest BCUT2D eigenvalue weighted by Gasteiger charge is -2.19. The normalized spacial score (nSPS) is 23.7. The molecule has 0 aliphatic carbocycles. The summed E-state index contributed by atoms with van der Waals surface area (Å²) in [7, 11) is -3.56. The van der Waals surface area contributed by atoms with Crippen LogP contribution in [-0.2, 0) is 14.8 Å². The van der Waals surface area contributed by atoms with E-state index in [4.69, 9.17) is 0 Å². The Balaban J connectivity index is 1.77. The topological polar surface area (TPSA) is 78.5 Å². The summed E-state index contributed by atoms with van der Waals surface area (Å²) in [6, 6.07) is 10.6. The highest BCUT2D eigenvalue weighted by Gasteiger charge is 2.41. The fraction of sp³-hybridized carbons (Fsp3) is 0.389. The standard InChI is InChI=1S/C18H21N3O3S/c1-12(22)20-17-6-7-18(16-5-3-2-4-15(16)17)25(23,24)21-10-13-8-19-9-14(13)11-21/h2-7,13-14,19H,8-11H2,1H3,(H,20,22)/t13-,14+. The maximum Gasteiger partial charge on any atom is 0.243 e. The van der Waals surface area contributed by atoms with Gasteiger partial charge in [-0.2, -0.15) is 4.31 Å². The number of amides is 1. The molecule has 0 unspecified atom stereocenters. The van der Waals surface area contributed by atoms with Crippen molar-refractivity contribution in [2.45, 2.75) is 11.8 Å². The second-order valence-corrected chi connectivity index (χ2v) is 8.74. The van der Waals surface area contributed by atoms with Gasteiger partial charge in [0.1, 0.15) is 0 Å². The minimum absolute atomic E-state index is 0.180. The molecule has 0 spiro atoms. The minimum Gasteiger partial charge on any atom is -0.326 e. The smallest absolute Gasteiger partial charge is 0.243 e. The molecule has 2 atom stereocenters. The number of rotatable bonds is 3. The summed E-state index contributed by atoms with van der Waals surface area (Å²) < 4.78 is 28.1. The molecule has 0 bridgehead atoms. The monoisotopic (exact) mass is 359 g/mol. The molecule has 0 aromatic heterocycles. The van der Waals surface area contributed by atoms with Gasteiger partial charge < -0.3 is 10.6 Å². The lowest BCUT2D eigenvalue weighted by atomic mass is 10.0. The number of nitrogens with one attached hydrogen (secondary N) is 2. The van der Waals surface area contributed by atoms with Gasteiger partial charge in [0, 0.05) is 36.5 Å². The summed E-state index contributed by atoms with van der Waals surface area (Å²) in [4.78, 5) is 11.7. The highest BCUT2D eigenvalue weighted by molar-refractivity contribution is 7.89. The highest BCUT2D eigenvalue weighted by Crippen LogP contribution is 2.35. The molecule has 132 valence electrons. The summed E-state index contributed by atoms with van der Waals surface area (Å²) in [5.41, 5.74) is 0.629. The van der Waals surface area contributed by atoms with Crippen molar-refractivity contribution in [2.24, 2.45) is 11.8 Å². The average molecular weight is 359 g/mol. The zero-order valence-electron chi connectivity index (χ0n) is 14.0. The first-order valence-corrected chi connectivity index (χ1v) is 9.91. The lowest BCUT2D eigenvalue weighted by molar-refractivity contribution is -0.114. The van der Waals surface area contributed by atoms with E-state index in [1.165, 1.54) is 6.92 Å². The van der Waals surface area contributed by atoms with Crippen LogP contribution in [0, 0.1) is 11.8 Å². The van der Waals surface area contributed by atoms with Crippen LogP contribution in [0.3, 0.4) is 0 Å². The van der Waals surface area contributed by atoms with Crippen molar-refractivity contribution in [1.29, 1.82) is 0 Å². The van der Waals surface area contributed by atoms with Gasteiger partial charge in [0.2, 0.25) is 15.9 Å². The first kappa shape index (κ1) is 16.5. The van der Waals surface area contributed by atoms with Crippen LogP contribution in [0.2, 0.25) is 0 Å². The van der Waals surface area contributed by atoms with Crippen molar-refractivity contribution >= 4 is 32.4 Å². The third-order valence-electron chi connectivity index (χ3n) is 5.17. The number of carbonyl (C=O) groups is 1. The molecule has 2 aromatic rings. The third kappa shape index (κ3) is 2.82. The van der Waals surface area contributed by atoms with Gasteiger partial charge in [0.15, 0.2) is 0 Å². The van der Waals surface area contributed by atoms with Gasteiger partial charge >= 0.3 is 0 Å². The number of anilines is 1. The minimum atomic E-state index is -3.56. The van der Waals surface area contributed by atoms with Crippen molar-refractivity contribution in [1.82, 2.24) is 9.62 Å². The quantitative estimate of drug-likeness (QED) is 0.873. The van der Waals surface area contributed by atoms with Crippen LogP contribution in [0.1, 0.15) is 6.92 Å². The summed E-state index contributed by atoms with van der Waals surface area (Å²) in [6.07, 6.45) is 0. The van der Waals surface area contributed by atoms with Gasteiger partial charge in [-0.3, -0.25) is 4.79 Å². The molecule has 4 rings (SSSR count). The summed E-state index contributed by atoms with van der Waals surface area (Å²) >= 11 is 0. The molecule has 2 heterocycles. The Morgan fingerprint density at radius 2 is 1.72 bits per heavy atom. The van der Waals surface area contributed by atoms with Gasteiger partial charge in [-0.05, 0) is 37.1 Å². The number of benzene rings is 2. The van der Waals surface area contributed by atoms with E-state index in [1.807, 2.05) is 18.2 Å². The van der Waals surface area contributed by atoms with E-state index in [0.717, 1.165) is 18.5 Å². The van der Waals surface area contributed by atoms with Gasteiger partial charge in [-0.1, -0.05) is 24.3 Å². The molecule has 2 aromatic carbocycles. The molecule has 2 fully saturated rings. The first-order chi connectivity index (χ1) is 12.0. The Morgan fingerprint density at radius 1 is 1.08 bits per heavy atom. The highest BCUT2D eigenvalue weighted by atomic mass is 32.2. The zero-order valence-corrected chi connectivity index (χ0v) is 14.8. The second kappa shape index (κ2) is 6.09. The van der Waals surface area contributed by atoms with E-state index < -0.39 is 10.0 Å².